The van der Waals surface area contributed by atoms with Gasteiger partial charge in [-0.05, 0) is 31.4 Å². The zero-order valence-corrected chi connectivity index (χ0v) is 17.1. The van der Waals surface area contributed by atoms with E-state index in [0.29, 0.717) is 22.9 Å². The first-order chi connectivity index (χ1) is 11.0. The number of aliphatic hydroxyl groups is 1. The number of hydrogen-bond donors (Lipinski definition) is 2. The molecule has 4 nitrogen and oxygen atoms in total. The quantitative estimate of drug-likeness (QED) is 0.438. The average molecular weight is 380 g/mol. The maximum atomic E-state index is 9.77. The number of rotatable bonds is 3. The minimum atomic E-state index is -0.431. The Morgan fingerprint density at radius 3 is 2.35 bits per heavy atom. The van der Waals surface area contributed by atoms with Crippen LogP contribution >= 0.6 is 31.1 Å². The molecule has 0 bridgehead atoms. The summed E-state index contributed by atoms with van der Waals surface area (Å²) in [6, 6.07) is 0.101. The molecule has 2 N–H and O–H groups in total. The van der Waals surface area contributed by atoms with Gasteiger partial charge in [0.1, 0.15) is 10.8 Å². The summed E-state index contributed by atoms with van der Waals surface area (Å²) in [6.45, 7) is 12.4. The summed E-state index contributed by atoms with van der Waals surface area (Å²) in [4.78, 5) is 7.92. The number of nitrogens with one attached hydrogen (secondary N) is 1. The molecule has 1 aromatic rings. The smallest absolute Gasteiger partial charge is 0.224 e. The molecule has 23 heavy (non-hydrogen) atoms. The second kappa shape index (κ2) is 12.0. The molecule has 0 saturated carbocycles. The molecule has 7 heteroatoms. The summed E-state index contributed by atoms with van der Waals surface area (Å²) >= 11 is 11.8. The largest absolute Gasteiger partial charge is 0.389 e. The summed E-state index contributed by atoms with van der Waals surface area (Å²) in [5.41, 5.74) is 0.378. The van der Waals surface area contributed by atoms with Crippen molar-refractivity contribution in [2.45, 2.75) is 51.9 Å². The van der Waals surface area contributed by atoms with E-state index in [-0.39, 0.29) is 19.2 Å². The molecule has 1 aliphatic carbocycles. The molecule has 1 heterocycles. The van der Waals surface area contributed by atoms with Crippen LogP contribution in [0.1, 0.15) is 34.1 Å². The Morgan fingerprint density at radius 2 is 1.78 bits per heavy atom. The third-order valence-electron chi connectivity index (χ3n) is 3.07. The van der Waals surface area contributed by atoms with Crippen molar-refractivity contribution in [3.63, 3.8) is 0 Å². The van der Waals surface area contributed by atoms with E-state index in [1.165, 1.54) is 6.20 Å². The van der Waals surface area contributed by atoms with Crippen molar-refractivity contribution in [2.24, 2.45) is 0 Å². The van der Waals surface area contributed by atoms with Gasteiger partial charge in [0.15, 0.2) is 0 Å². The van der Waals surface area contributed by atoms with Crippen LogP contribution in [0.2, 0.25) is 10.3 Å². The van der Waals surface area contributed by atoms with E-state index in [1.54, 1.807) is 0 Å². The number of anilines is 1. The van der Waals surface area contributed by atoms with Crippen molar-refractivity contribution in [3.05, 3.63) is 28.7 Å². The lowest BCUT2D eigenvalue weighted by Crippen LogP contribution is -2.37. The van der Waals surface area contributed by atoms with Gasteiger partial charge >= 0.3 is 0 Å². The molecule has 1 aliphatic rings. The summed E-state index contributed by atoms with van der Waals surface area (Å²) < 4.78 is 0. The number of halogens is 2. The molecule has 3 atom stereocenters. The van der Waals surface area contributed by atoms with Crippen LogP contribution in [0.4, 0.5) is 5.82 Å². The van der Waals surface area contributed by atoms with Crippen molar-refractivity contribution < 1.29 is 5.11 Å². The summed E-state index contributed by atoms with van der Waals surface area (Å²) in [7, 11) is -0.170. The van der Waals surface area contributed by atoms with E-state index < -0.39 is 6.10 Å². The lowest BCUT2D eigenvalue weighted by atomic mass is 9.99. The molecule has 0 fully saturated rings. The molecular weight excluding hydrogens is 352 g/mol. The normalized spacial score (nSPS) is 22.6. The van der Waals surface area contributed by atoms with Gasteiger partial charge in [-0.3, -0.25) is 0 Å². The minimum Gasteiger partial charge on any atom is -0.389 e. The maximum absolute atomic E-state index is 9.77. The maximum Gasteiger partial charge on any atom is 0.224 e. The number of aromatic nitrogens is 2. The Labute approximate surface area is 151 Å². The third-order valence-corrected chi connectivity index (χ3v) is 5.25. The highest BCUT2D eigenvalue weighted by molar-refractivity contribution is 7.57. The predicted octanol–water partition coefficient (Wildman–Crippen LogP) is 5.05. The summed E-state index contributed by atoms with van der Waals surface area (Å²) in [6.07, 6.45) is 5.62. The fourth-order valence-electron chi connectivity index (χ4n) is 2.15. The van der Waals surface area contributed by atoms with Gasteiger partial charge in [-0.1, -0.05) is 51.4 Å². The van der Waals surface area contributed by atoms with Crippen molar-refractivity contribution in [1.82, 2.24) is 9.97 Å². The van der Waals surface area contributed by atoms with Crippen molar-refractivity contribution >= 4 is 36.9 Å². The summed E-state index contributed by atoms with van der Waals surface area (Å²) in [5.74, 6) is 0.524. The van der Waals surface area contributed by atoms with Gasteiger partial charge < -0.3 is 10.4 Å². The number of hydrogen-bond acceptors (Lipinski definition) is 4. The molecule has 0 amide bonds. The van der Waals surface area contributed by atoms with Crippen molar-refractivity contribution in [2.75, 3.05) is 18.6 Å². The van der Waals surface area contributed by atoms with E-state index >= 15 is 0 Å². The monoisotopic (exact) mass is 379 g/mol. The van der Waals surface area contributed by atoms with Crippen LogP contribution in [-0.4, -0.2) is 46.2 Å². The third kappa shape index (κ3) is 7.34. The van der Waals surface area contributed by atoms with E-state index in [4.69, 9.17) is 23.2 Å². The topological polar surface area (TPSA) is 58.0 Å². The zero-order valence-electron chi connectivity index (χ0n) is 14.7. The second-order valence-electron chi connectivity index (χ2n) is 4.73. The van der Waals surface area contributed by atoms with Gasteiger partial charge in [0.05, 0.1) is 12.3 Å². The molecule has 0 aromatic carbocycles. The molecule has 0 radical (unpaired) electrons. The molecule has 2 unspecified atom stereocenters. The Bertz CT molecular complexity index is 486. The van der Waals surface area contributed by atoms with Crippen LogP contribution in [0.15, 0.2) is 18.3 Å². The Balaban J connectivity index is 0.00000112. The molecule has 0 spiro atoms. The van der Waals surface area contributed by atoms with Gasteiger partial charge in [-0.25, -0.2) is 4.98 Å². The highest BCUT2D eigenvalue weighted by Crippen LogP contribution is 2.40. The average Bonchev–Trinajstić information content (AvgIpc) is 2.54. The van der Waals surface area contributed by atoms with Crippen molar-refractivity contribution in [3.8, 4) is 0 Å². The number of aliphatic hydroxyl groups excluding tert-OH is 1. The first-order valence-electron chi connectivity index (χ1n) is 7.94. The predicted molar refractivity (Wildman–Crippen MR) is 104 cm³/mol. The number of nitrogens with zero attached hydrogens (tertiary/aromatic N) is 2. The Kier molecular flexibility index (Phi) is 11.8. The lowest BCUT2D eigenvalue weighted by Gasteiger charge is -2.33. The molecule has 132 valence electrons. The first-order valence-corrected chi connectivity index (χ1v) is 11.0. The van der Waals surface area contributed by atoms with Crippen LogP contribution in [0, 0.1) is 0 Å². The van der Waals surface area contributed by atoms with Gasteiger partial charge in [0, 0.05) is 11.7 Å². The van der Waals surface area contributed by atoms with Crippen LogP contribution in [0.3, 0.4) is 0 Å². The van der Waals surface area contributed by atoms with E-state index in [1.807, 2.05) is 33.8 Å². The van der Waals surface area contributed by atoms with Gasteiger partial charge in [-0.15, -0.1) is 7.92 Å². The van der Waals surface area contributed by atoms with Crippen LogP contribution in [0.5, 0.6) is 0 Å². The van der Waals surface area contributed by atoms with Crippen molar-refractivity contribution in [1.29, 1.82) is 0 Å². The molecule has 0 saturated heterocycles. The highest BCUT2D eigenvalue weighted by atomic mass is 35.5. The van der Waals surface area contributed by atoms with Crippen LogP contribution < -0.4 is 5.32 Å². The van der Waals surface area contributed by atoms with Gasteiger partial charge in [0.25, 0.3) is 0 Å². The SMILES string of the molecule is CC.CC.CP(C)C1C=C[C@H](O)CC1Nc1nc(Cl)ncc1Cl. The molecule has 0 aliphatic heterocycles. The Hall–Kier alpha value is -0.410. The second-order valence-corrected chi connectivity index (χ2v) is 8.00. The van der Waals surface area contributed by atoms with E-state index in [2.05, 4.69) is 34.7 Å². The minimum absolute atomic E-state index is 0.101. The van der Waals surface area contributed by atoms with Gasteiger partial charge in [-0.2, -0.15) is 4.98 Å². The lowest BCUT2D eigenvalue weighted by molar-refractivity contribution is 0.200. The van der Waals surface area contributed by atoms with E-state index in [0.717, 1.165) is 0 Å². The zero-order chi connectivity index (χ0) is 18.0. The molecular formula is C16H28Cl2N3OP. The van der Waals surface area contributed by atoms with Crippen LogP contribution in [-0.2, 0) is 0 Å². The first kappa shape index (κ1) is 22.6. The molecule has 1 aromatic heterocycles. The van der Waals surface area contributed by atoms with Crippen LogP contribution in [0.25, 0.3) is 0 Å². The standard InChI is InChI=1S/C12H16Cl2N3OP.2C2H6/c1-19(2)10-4-3-7(18)5-9(10)16-11-8(13)6-15-12(14)17-11;2*1-2/h3-4,6-7,9-10,18H,5H2,1-2H3,(H,15,16,17);2*1-2H3/t7-,9?,10?;;/m0../s1. The Morgan fingerprint density at radius 1 is 1.17 bits per heavy atom. The summed E-state index contributed by atoms with van der Waals surface area (Å²) in [5, 5.41) is 13.7. The van der Waals surface area contributed by atoms with Gasteiger partial charge in [0.2, 0.25) is 5.28 Å². The fraction of sp³-hybridized carbons (Fsp3) is 0.625. The fourth-order valence-corrected chi connectivity index (χ4v) is 3.79. The highest BCUT2D eigenvalue weighted by Gasteiger charge is 2.28. The molecule has 2 rings (SSSR count). The van der Waals surface area contributed by atoms with E-state index in [9.17, 15) is 5.11 Å².